The second-order valence-corrected chi connectivity index (χ2v) is 8.89. The molecule has 180 valence electrons. The van der Waals surface area contributed by atoms with Crippen molar-refractivity contribution in [3.8, 4) is 11.5 Å². The number of carbonyl (C=O) groups is 2. The highest BCUT2D eigenvalue weighted by Gasteiger charge is 2.52. The molecule has 2 N–H and O–H groups in total. The van der Waals surface area contributed by atoms with E-state index in [4.69, 9.17) is 18.9 Å². The number of benzene rings is 1. The van der Waals surface area contributed by atoms with E-state index in [0.29, 0.717) is 28.2 Å². The molecule has 0 saturated carbocycles. The number of carbonyl (C=O) groups excluding carboxylic acids is 2. The van der Waals surface area contributed by atoms with Crippen LogP contribution in [0.1, 0.15) is 44.4 Å². The Kier molecular flexibility index (Phi) is 6.76. The molecule has 0 fully saturated rings. The predicted molar refractivity (Wildman–Crippen MR) is 119 cm³/mol. The first-order valence-electron chi connectivity index (χ1n) is 10.6. The summed E-state index contributed by atoms with van der Waals surface area (Å²) in [5, 5.41) is 20.8. The lowest BCUT2D eigenvalue weighted by molar-refractivity contribution is -0.114. The van der Waals surface area contributed by atoms with E-state index in [0.717, 1.165) is 0 Å². The lowest BCUT2D eigenvalue weighted by atomic mass is 9.71. The van der Waals surface area contributed by atoms with Crippen molar-refractivity contribution in [1.82, 2.24) is 4.90 Å². The van der Waals surface area contributed by atoms with Crippen LogP contribution in [0.25, 0.3) is 0 Å². The van der Waals surface area contributed by atoms with Crippen LogP contribution in [0, 0.1) is 0 Å². The summed E-state index contributed by atoms with van der Waals surface area (Å²) in [6.45, 7) is 4.84. The van der Waals surface area contributed by atoms with E-state index in [1.165, 1.54) is 32.3 Å². The Morgan fingerprint density at radius 3 is 2.33 bits per heavy atom. The van der Waals surface area contributed by atoms with Crippen molar-refractivity contribution in [3.63, 3.8) is 0 Å². The quantitative estimate of drug-likeness (QED) is 0.688. The topological polar surface area (TPSA) is 115 Å². The fourth-order valence-corrected chi connectivity index (χ4v) is 4.33. The zero-order valence-electron chi connectivity index (χ0n) is 19.8. The Balaban J connectivity index is 2.38. The van der Waals surface area contributed by atoms with Gasteiger partial charge in [0.05, 0.1) is 34.0 Å². The summed E-state index contributed by atoms with van der Waals surface area (Å²) in [7, 11) is 4.34. The Labute approximate surface area is 193 Å². The van der Waals surface area contributed by atoms with Gasteiger partial charge in [-0.2, -0.15) is 0 Å². The molecular weight excluding hydrogens is 430 g/mol. The molecule has 1 aromatic carbocycles. The van der Waals surface area contributed by atoms with Gasteiger partial charge in [0.15, 0.2) is 17.3 Å². The van der Waals surface area contributed by atoms with Gasteiger partial charge in [0, 0.05) is 6.61 Å². The molecule has 1 aliphatic heterocycles. The van der Waals surface area contributed by atoms with Gasteiger partial charge >= 0.3 is 6.09 Å². The number of ketones is 1. The average Bonchev–Trinajstić information content (AvgIpc) is 2.75. The molecule has 0 aromatic heterocycles. The molecule has 3 rings (SSSR count). The molecule has 0 unspecified atom stereocenters. The third-order valence-electron chi connectivity index (χ3n) is 5.70. The molecule has 2 atom stereocenters. The average molecular weight is 462 g/mol. The first-order chi connectivity index (χ1) is 15.5. The molecule has 1 aromatic rings. The van der Waals surface area contributed by atoms with Gasteiger partial charge in [-0.15, -0.1) is 0 Å². The number of fused-ring (bicyclic) bond motifs is 2. The van der Waals surface area contributed by atoms with Gasteiger partial charge in [-0.3, -0.25) is 9.69 Å². The fraction of sp³-hybridized carbons (Fsp3) is 0.500. The normalized spacial score (nSPS) is 22.4. The number of rotatable bonds is 5. The summed E-state index contributed by atoms with van der Waals surface area (Å²) >= 11 is 0. The van der Waals surface area contributed by atoms with Crippen molar-refractivity contribution in [1.29, 1.82) is 0 Å². The van der Waals surface area contributed by atoms with Gasteiger partial charge in [-0.05, 0) is 68.2 Å². The van der Waals surface area contributed by atoms with Crippen molar-refractivity contribution in [2.24, 2.45) is 0 Å². The van der Waals surface area contributed by atoms with Crippen molar-refractivity contribution in [3.05, 3.63) is 46.7 Å². The van der Waals surface area contributed by atoms with Crippen molar-refractivity contribution in [2.75, 3.05) is 34.5 Å². The predicted octanol–water partition coefficient (Wildman–Crippen LogP) is 2.61. The molecule has 1 aliphatic carbocycles. The van der Waals surface area contributed by atoms with E-state index in [1.54, 1.807) is 39.0 Å². The van der Waals surface area contributed by atoms with Gasteiger partial charge < -0.3 is 29.2 Å². The highest BCUT2D eigenvalue weighted by atomic mass is 16.6. The highest BCUT2D eigenvalue weighted by molar-refractivity contribution is 6.05. The number of nitrogens with zero attached hydrogens (tertiary/aromatic N) is 1. The molecule has 1 spiro atoms. The maximum atomic E-state index is 13.4. The van der Waals surface area contributed by atoms with Crippen molar-refractivity contribution in [2.45, 2.75) is 44.4 Å². The maximum Gasteiger partial charge on any atom is 0.411 e. The van der Waals surface area contributed by atoms with Crippen LogP contribution in [0.3, 0.4) is 0 Å². The second-order valence-electron chi connectivity index (χ2n) is 8.89. The Bertz CT molecular complexity index is 1010. The van der Waals surface area contributed by atoms with Crippen LogP contribution in [0.5, 0.6) is 11.5 Å². The van der Waals surface area contributed by atoms with Crippen LogP contribution in [0.4, 0.5) is 4.79 Å². The number of β-amino-alcohol motifs (C(OH)–C–C–N with tert-alkyl or cyclic N) is 1. The van der Waals surface area contributed by atoms with E-state index in [9.17, 15) is 19.8 Å². The number of methoxy groups -OCH3 is 3. The molecule has 0 bridgehead atoms. The summed E-state index contributed by atoms with van der Waals surface area (Å²) < 4.78 is 21.9. The third-order valence-corrected chi connectivity index (χ3v) is 5.70. The molecule has 1 heterocycles. The molecule has 0 saturated heterocycles. The summed E-state index contributed by atoms with van der Waals surface area (Å²) in [6.07, 6.45) is 1.26. The summed E-state index contributed by atoms with van der Waals surface area (Å²) in [6, 6.07) is 3.32. The number of amides is 1. The summed E-state index contributed by atoms with van der Waals surface area (Å²) in [5.41, 5.74) is -0.718. The maximum absolute atomic E-state index is 13.4. The van der Waals surface area contributed by atoms with Crippen LogP contribution in [-0.2, 0) is 19.8 Å². The van der Waals surface area contributed by atoms with Crippen LogP contribution in [0.15, 0.2) is 35.6 Å². The monoisotopic (exact) mass is 461 g/mol. The highest BCUT2D eigenvalue weighted by Crippen LogP contribution is 2.51. The Hall–Kier alpha value is -3.04. The number of aliphatic hydroxyl groups is 2. The largest absolute Gasteiger partial charge is 0.493 e. The standard InChI is InChI=1S/C24H31NO8/c1-23(2,3)33-22(29)25-13-18(28)15-10-19(30-4)20(31-5)11-16(15)24(25)12-21(32-6)17(27)9-14(24)7-8-26/h9-12,18,26,28H,7-8,13H2,1-6H3/t18-,24+/m1/s1. The summed E-state index contributed by atoms with van der Waals surface area (Å²) in [4.78, 5) is 27.5. The molecule has 33 heavy (non-hydrogen) atoms. The molecule has 2 aliphatic rings. The molecular formula is C24H31NO8. The zero-order valence-corrected chi connectivity index (χ0v) is 19.8. The van der Waals surface area contributed by atoms with Crippen LogP contribution in [0.2, 0.25) is 0 Å². The van der Waals surface area contributed by atoms with Gasteiger partial charge in [0.1, 0.15) is 11.1 Å². The van der Waals surface area contributed by atoms with Crippen LogP contribution in [-0.4, -0.2) is 67.1 Å². The van der Waals surface area contributed by atoms with Crippen LogP contribution < -0.4 is 9.47 Å². The number of hydrogen-bond acceptors (Lipinski definition) is 8. The van der Waals surface area contributed by atoms with Gasteiger partial charge in [0.2, 0.25) is 5.78 Å². The van der Waals surface area contributed by atoms with E-state index < -0.39 is 23.3 Å². The van der Waals surface area contributed by atoms with E-state index in [1.807, 2.05) is 0 Å². The molecule has 0 radical (unpaired) electrons. The number of ether oxygens (including phenoxy) is 4. The number of allylic oxidation sites excluding steroid dienone is 1. The molecule has 9 heteroatoms. The Morgan fingerprint density at radius 2 is 1.79 bits per heavy atom. The fourth-order valence-electron chi connectivity index (χ4n) is 4.33. The van der Waals surface area contributed by atoms with Gasteiger partial charge in [-0.1, -0.05) is 0 Å². The van der Waals surface area contributed by atoms with Crippen molar-refractivity contribution >= 4 is 11.9 Å². The van der Waals surface area contributed by atoms with E-state index in [-0.39, 0.29) is 31.1 Å². The minimum Gasteiger partial charge on any atom is -0.493 e. The van der Waals surface area contributed by atoms with Crippen molar-refractivity contribution < 1.29 is 38.7 Å². The van der Waals surface area contributed by atoms with E-state index in [2.05, 4.69) is 0 Å². The minimum atomic E-state index is -1.36. The zero-order chi connectivity index (χ0) is 24.6. The Morgan fingerprint density at radius 1 is 1.15 bits per heavy atom. The van der Waals surface area contributed by atoms with Crippen LogP contribution >= 0.6 is 0 Å². The SMILES string of the molecule is COC1=C[C@]2(C(CCO)=CC1=O)c1cc(OC)c(OC)cc1[C@H](O)CN2C(=O)OC(C)(C)C. The first kappa shape index (κ1) is 24.6. The third kappa shape index (κ3) is 4.30. The summed E-state index contributed by atoms with van der Waals surface area (Å²) in [5.74, 6) is 0.430. The number of hydrogen-bond donors (Lipinski definition) is 2. The van der Waals surface area contributed by atoms with E-state index >= 15 is 0 Å². The minimum absolute atomic E-state index is 0.0300. The first-order valence-corrected chi connectivity index (χ1v) is 10.6. The van der Waals surface area contributed by atoms with Gasteiger partial charge in [-0.25, -0.2) is 4.79 Å². The molecule has 9 nitrogen and oxygen atoms in total. The lowest BCUT2D eigenvalue weighted by Gasteiger charge is -2.50. The smallest absolute Gasteiger partial charge is 0.411 e. The molecule has 1 amide bonds. The number of aliphatic hydroxyl groups excluding tert-OH is 2. The second kappa shape index (κ2) is 9.07. The lowest BCUT2D eigenvalue weighted by Crippen LogP contribution is -2.57. The van der Waals surface area contributed by atoms with Gasteiger partial charge in [0.25, 0.3) is 0 Å².